The van der Waals surface area contributed by atoms with Gasteiger partial charge in [0.15, 0.2) is 0 Å². The van der Waals surface area contributed by atoms with Crippen LogP contribution in [-0.2, 0) is 11.3 Å². The molecule has 24 heavy (non-hydrogen) atoms. The highest BCUT2D eigenvalue weighted by atomic mass is 32.1. The minimum atomic E-state index is -0.413. The first-order valence-electron chi connectivity index (χ1n) is 7.47. The molecule has 2 aromatic heterocycles. The van der Waals surface area contributed by atoms with E-state index in [0.717, 1.165) is 21.0 Å². The number of para-hydroxylation sites is 1. The van der Waals surface area contributed by atoms with Gasteiger partial charge in [-0.2, -0.15) is 0 Å². The Morgan fingerprint density at radius 3 is 2.58 bits per heavy atom. The lowest BCUT2D eigenvalue weighted by atomic mass is 10.1. The van der Waals surface area contributed by atoms with Gasteiger partial charge >= 0.3 is 5.97 Å². The van der Waals surface area contributed by atoms with E-state index in [1.807, 2.05) is 54.6 Å². The lowest BCUT2D eigenvalue weighted by molar-refractivity contribution is 0.0477. The van der Waals surface area contributed by atoms with Crippen molar-refractivity contribution in [1.29, 1.82) is 0 Å². The lowest BCUT2D eigenvalue weighted by Gasteiger charge is -2.04. The predicted molar refractivity (Wildman–Crippen MR) is 95.5 cm³/mol. The van der Waals surface area contributed by atoms with E-state index in [0.29, 0.717) is 10.4 Å². The van der Waals surface area contributed by atoms with Crippen molar-refractivity contribution >= 4 is 38.3 Å². The van der Waals surface area contributed by atoms with Crippen LogP contribution in [0.5, 0.6) is 0 Å². The largest absolute Gasteiger partial charge is 0.456 e. The van der Waals surface area contributed by atoms with Crippen LogP contribution in [0.1, 0.15) is 15.2 Å². The van der Waals surface area contributed by atoms with Gasteiger partial charge in [0.1, 0.15) is 11.5 Å². The number of hydrogen-bond acceptors (Lipinski definition) is 4. The van der Waals surface area contributed by atoms with E-state index in [1.54, 1.807) is 6.07 Å². The van der Waals surface area contributed by atoms with Crippen LogP contribution in [0.2, 0.25) is 0 Å². The van der Waals surface area contributed by atoms with Crippen molar-refractivity contribution < 1.29 is 9.53 Å². The van der Waals surface area contributed by atoms with Crippen LogP contribution in [0.15, 0.2) is 65.5 Å². The Labute approximate surface area is 141 Å². The first kappa shape index (κ1) is 14.7. The SMILES string of the molecule is O=C(OCc1cc2ccccc2[nH]c1=O)c1cc2ccccc2s1. The van der Waals surface area contributed by atoms with E-state index in [2.05, 4.69) is 4.98 Å². The van der Waals surface area contributed by atoms with E-state index in [9.17, 15) is 9.59 Å². The number of ether oxygens (including phenoxy) is 1. The van der Waals surface area contributed by atoms with E-state index in [4.69, 9.17) is 4.74 Å². The number of aromatic nitrogens is 1. The topological polar surface area (TPSA) is 59.2 Å². The van der Waals surface area contributed by atoms with Gasteiger partial charge in [0.05, 0.1) is 5.56 Å². The number of hydrogen-bond donors (Lipinski definition) is 1. The fraction of sp³-hybridized carbons (Fsp3) is 0.0526. The molecule has 4 rings (SSSR count). The van der Waals surface area contributed by atoms with Gasteiger partial charge < -0.3 is 9.72 Å². The number of aromatic amines is 1. The summed E-state index contributed by atoms with van der Waals surface area (Å²) in [5.74, 6) is -0.413. The fourth-order valence-corrected chi connectivity index (χ4v) is 3.55. The maximum Gasteiger partial charge on any atom is 0.348 e. The molecule has 0 bridgehead atoms. The first-order chi connectivity index (χ1) is 11.7. The zero-order valence-electron chi connectivity index (χ0n) is 12.6. The van der Waals surface area contributed by atoms with Crippen molar-refractivity contribution in [2.24, 2.45) is 0 Å². The summed E-state index contributed by atoms with van der Waals surface area (Å²) in [6.07, 6.45) is 0. The van der Waals surface area contributed by atoms with Crippen molar-refractivity contribution in [2.75, 3.05) is 0 Å². The summed E-state index contributed by atoms with van der Waals surface area (Å²) in [7, 11) is 0. The molecule has 118 valence electrons. The van der Waals surface area contributed by atoms with E-state index in [-0.39, 0.29) is 12.2 Å². The third kappa shape index (κ3) is 2.70. The number of benzene rings is 2. The number of thiophene rings is 1. The third-order valence-corrected chi connectivity index (χ3v) is 4.91. The summed E-state index contributed by atoms with van der Waals surface area (Å²) >= 11 is 1.39. The molecular weight excluding hydrogens is 322 g/mol. The molecular formula is C19H13NO3S. The van der Waals surface area contributed by atoms with Crippen molar-refractivity contribution in [3.8, 4) is 0 Å². The van der Waals surface area contributed by atoms with Gasteiger partial charge in [0.2, 0.25) is 0 Å². The maximum absolute atomic E-state index is 12.2. The molecule has 0 aliphatic rings. The van der Waals surface area contributed by atoms with Crippen LogP contribution >= 0.6 is 11.3 Å². The van der Waals surface area contributed by atoms with Gasteiger partial charge in [0, 0.05) is 10.2 Å². The molecule has 1 N–H and O–H groups in total. The van der Waals surface area contributed by atoms with Gasteiger partial charge in [-0.15, -0.1) is 11.3 Å². The number of fused-ring (bicyclic) bond motifs is 2. The second kappa shape index (κ2) is 5.94. The van der Waals surface area contributed by atoms with Gasteiger partial charge in [-0.1, -0.05) is 36.4 Å². The lowest BCUT2D eigenvalue weighted by Crippen LogP contribution is -2.15. The van der Waals surface area contributed by atoms with Gasteiger partial charge in [-0.3, -0.25) is 4.79 Å². The number of esters is 1. The Balaban J connectivity index is 1.57. The quantitative estimate of drug-likeness (QED) is 0.573. The first-order valence-corrected chi connectivity index (χ1v) is 8.29. The van der Waals surface area contributed by atoms with Crippen molar-refractivity contribution in [1.82, 2.24) is 4.98 Å². The Bertz CT molecular complexity index is 1080. The summed E-state index contributed by atoms with van der Waals surface area (Å²) in [6, 6.07) is 18.8. The summed E-state index contributed by atoms with van der Waals surface area (Å²) in [5, 5.41) is 1.92. The molecule has 0 unspecified atom stereocenters. The van der Waals surface area contributed by atoms with Crippen molar-refractivity contribution in [2.45, 2.75) is 6.61 Å². The average Bonchev–Trinajstić information content (AvgIpc) is 3.04. The normalized spacial score (nSPS) is 11.0. The molecule has 0 saturated heterocycles. The minimum Gasteiger partial charge on any atom is -0.456 e. The fourth-order valence-electron chi connectivity index (χ4n) is 2.60. The molecule has 2 aromatic carbocycles. The molecule has 5 heteroatoms. The van der Waals surface area contributed by atoms with E-state index < -0.39 is 5.97 Å². The molecule has 0 aliphatic carbocycles. The maximum atomic E-state index is 12.2. The molecule has 0 atom stereocenters. The van der Waals surface area contributed by atoms with Crippen LogP contribution in [0, 0.1) is 0 Å². The highest BCUT2D eigenvalue weighted by molar-refractivity contribution is 7.20. The number of H-pyrrole nitrogens is 1. The molecule has 2 heterocycles. The number of pyridine rings is 1. The molecule has 0 saturated carbocycles. The summed E-state index contributed by atoms with van der Waals surface area (Å²) in [6.45, 7) is -0.0484. The Kier molecular flexibility index (Phi) is 3.63. The molecule has 0 spiro atoms. The predicted octanol–water partition coefficient (Wildman–Crippen LogP) is 4.10. The van der Waals surface area contributed by atoms with Crippen LogP contribution < -0.4 is 5.56 Å². The second-order valence-corrected chi connectivity index (χ2v) is 6.52. The molecule has 0 radical (unpaired) electrons. The second-order valence-electron chi connectivity index (χ2n) is 5.44. The molecule has 0 amide bonds. The monoisotopic (exact) mass is 335 g/mol. The third-order valence-electron chi connectivity index (χ3n) is 3.82. The minimum absolute atomic E-state index is 0.0484. The van der Waals surface area contributed by atoms with Gasteiger partial charge in [-0.25, -0.2) is 4.79 Å². The molecule has 4 aromatic rings. The average molecular weight is 335 g/mol. The van der Waals surface area contributed by atoms with Crippen LogP contribution in [0.4, 0.5) is 0 Å². The van der Waals surface area contributed by atoms with Crippen LogP contribution in [-0.4, -0.2) is 11.0 Å². The van der Waals surface area contributed by atoms with E-state index >= 15 is 0 Å². The smallest absolute Gasteiger partial charge is 0.348 e. The van der Waals surface area contributed by atoms with Crippen molar-refractivity contribution in [3.63, 3.8) is 0 Å². The zero-order chi connectivity index (χ0) is 16.5. The van der Waals surface area contributed by atoms with Gasteiger partial charge in [0.25, 0.3) is 5.56 Å². The summed E-state index contributed by atoms with van der Waals surface area (Å²) in [5.41, 5.74) is 0.961. The molecule has 0 fully saturated rings. The Hall–Kier alpha value is -2.92. The van der Waals surface area contributed by atoms with Crippen LogP contribution in [0.25, 0.3) is 21.0 Å². The zero-order valence-corrected chi connectivity index (χ0v) is 13.4. The molecule has 0 aliphatic heterocycles. The van der Waals surface area contributed by atoms with Crippen molar-refractivity contribution in [3.05, 3.63) is 81.5 Å². The van der Waals surface area contributed by atoms with E-state index in [1.165, 1.54) is 11.3 Å². The summed E-state index contributed by atoms with van der Waals surface area (Å²) < 4.78 is 6.36. The number of carbonyl (C=O) groups excluding carboxylic acids is 1. The Morgan fingerprint density at radius 1 is 1.00 bits per heavy atom. The van der Waals surface area contributed by atoms with Gasteiger partial charge in [-0.05, 0) is 35.0 Å². The van der Waals surface area contributed by atoms with Crippen LogP contribution in [0.3, 0.4) is 0 Å². The standard InChI is InChI=1S/C19H13NO3S/c21-18-14(9-12-5-1-3-7-15(12)20-18)11-23-19(22)17-10-13-6-2-4-8-16(13)24-17/h1-10H,11H2,(H,20,21). The highest BCUT2D eigenvalue weighted by Gasteiger charge is 2.13. The number of nitrogens with one attached hydrogen (secondary N) is 1. The summed E-state index contributed by atoms with van der Waals surface area (Å²) in [4.78, 5) is 27.7. The Morgan fingerprint density at radius 2 is 1.75 bits per heavy atom. The number of rotatable bonds is 3. The molecule has 4 nitrogen and oxygen atoms in total. The highest BCUT2D eigenvalue weighted by Crippen LogP contribution is 2.26. The number of carbonyl (C=O) groups is 1.